The highest BCUT2D eigenvalue weighted by Gasteiger charge is 2.18. The molecule has 1 atom stereocenters. The van der Waals surface area contributed by atoms with Crippen LogP contribution in [0.4, 0.5) is 0 Å². The maximum atomic E-state index is 5.73. The maximum absolute atomic E-state index is 5.73. The molecule has 0 aromatic heterocycles. The van der Waals surface area contributed by atoms with E-state index in [1.807, 2.05) is 0 Å². The summed E-state index contributed by atoms with van der Waals surface area (Å²) < 4.78 is 0. The lowest BCUT2D eigenvalue weighted by Gasteiger charge is -2.24. The van der Waals surface area contributed by atoms with E-state index in [1.165, 1.54) is 30.0 Å². The minimum atomic E-state index is 0.772. The van der Waals surface area contributed by atoms with Gasteiger partial charge in [-0.1, -0.05) is 30.3 Å². The van der Waals surface area contributed by atoms with E-state index < -0.39 is 0 Å². The Hall–Kier alpha value is -0.510. The Balaban J connectivity index is 1.78. The maximum Gasteiger partial charge on any atom is 0.0105 e. The summed E-state index contributed by atoms with van der Waals surface area (Å²) in [4.78, 5) is 2.55. The van der Waals surface area contributed by atoms with Gasteiger partial charge in [-0.25, -0.2) is 0 Å². The standard InChI is InChI=1S/C15H24N2S/c16-8-10-17(12-15-7-11-18-13-15)9-6-14-4-2-1-3-5-14/h1-5,15H,6-13,16H2. The molecule has 3 heteroatoms. The van der Waals surface area contributed by atoms with Gasteiger partial charge in [-0.05, 0) is 35.8 Å². The monoisotopic (exact) mass is 264 g/mol. The molecule has 2 N–H and O–H groups in total. The van der Waals surface area contributed by atoms with E-state index >= 15 is 0 Å². The highest BCUT2D eigenvalue weighted by molar-refractivity contribution is 7.99. The zero-order valence-electron chi connectivity index (χ0n) is 11.1. The van der Waals surface area contributed by atoms with Gasteiger partial charge in [0.1, 0.15) is 0 Å². The molecule has 0 radical (unpaired) electrons. The average Bonchev–Trinajstić information content (AvgIpc) is 2.90. The van der Waals surface area contributed by atoms with Gasteiger partial charge in [-0.3, -0.25) is 0 Å². The lowest BCUT2D eigenvalue weighted by atomic mass is 10.1. The lowest BCUT2D eigenvalue weighted by molar-refractivity contribution is 0.248. The van der Waals surface area contributed by atoms with Gasteiger partial charge in [0.25, 0.3) is 0 Å². The number of nitrogens with zero attached hydrogens (tertiary/aromatic N) is 1. The molecule has 1 saturated heterocycles. The first kappa shape index (κ1) is 13.9. The van der Waals surface area contributed by atoms with Crippen molar-refractivity contribution >= 4 is 11.8 Å². The summed E-state index contributed by atoms with van der Waals surface area (Å²) in [7, 11) is 0. The summed E-state index contributed by atoms with van der Waals surface area (Å²) in [6.07, 6.45) is 2.53. The van der Waals surface area contributed by atoms with Crippen LogP contribution in [0.25, 0.3) is 0 Å². The van der Waals surface area contributed by atoms with Crippen LogP contribution in [0.1, 0.15) is 12.0 Å². The smallest absolute Gasteiger partial charge is 0.0105 e. The van der Waals surface area contributed by atoms with Gasteiger partial charge in [-0.15, -0.1) is 0 Å². The second kappa shape index (κ2) is 7.82. The Morgan fingerprint density at radius 1 is 1.22 bits per heavy atom. The quantitative estimate of drug-likeness (QED) is 0.819. The zero-order valence-corrected chi connectivity index (χ0v) is 11.9. The van der Waals surface area contributed by atoms with Crippen molar-refractivity contribution < 1.29 is 0 Å². The van der Waals surface area contributed by atoms with Crippen molar-refractivity contribution in [2.75, 3.05) is 37.7 Å². The molecule has 100 valence electrons. The fourth-order valence-electron chi connectivity index (χ4n) is 2.50. The molecule has 1 aromatic rings. The van der Waals surface area contributed by atoms with Crippen LogP contribution in [0, 0.1) is 5.92 Å². The second-order valence-corrected chi connectivity index (χ2v) is 6.20. The minimum Gasteiger partial charge on any atom is -0.329 e. The lowest BCUT2D eigenvalue weighted by Crippen LogP contribution is -2.35. The largest absolute Gasteiger partial charge is 0.329 e. The summed E-state index contributed by atoms with van der Waals surface area (Å²) in [5.74, 6) is 3.57. The zero-order chi connectivity index (χ0) is 12.6. The molecule has 0 saturated carbocycles. The van der Waals surface area contributed by atoms with Gasteiger partial charge in [0, 0.05) is 26.2 Å². The summed E-state index contributed by atoms with van der Waals surface area (Å²) in [5.41, 5.74) is 7.16. The van der Waals surface area contributed by atoms with Gasteiger partial charge >= 0.3 is 0 Å². The van der Waals surface area contributed by atoms with E-state index in [0.29, 0.717) is 0 Å². The Kier molecular flexibility index (Phi) is 6.05. The van der Waals surface area contributed by atoms with E-state index in [2.05, 4.69) is 47.0 Å². The Bertz CT molecular complexity index is 323. The summed E-state index contributed by atoms with van der Waals surface area (Å²) in [6, 6.07) is 10.8. The van der Waals surface area contributed by atoms with Crippen molar-refractivity contribution in [2.45, 2.75) is 12.8 Å². The van der Waals surface area contributed by atoms with Crippen LogP contribution in [0.2, 0.25) is 0 Å². The number of nitrogens with two attached hydrogens (primary N) is 1. The van der Waals surface area contributed by atoms with E-state index in [4.69, 9.17) is 5.73 Å². The first-order chi connectivity index (χ1) is 8.88. The van der Waals surface area contributed by atoms with Crippen molar-refractivity contribution in [3.63, 3.8) is 0 Å². The van der Waals surface area contributed by atoms with Crippen molar-refractivity contribution in [1.29, 1.82) is 0 Å². The number of benzene rings is 1. The van der Waals surface area contributed by atoms with Gasteiger partial charge < -0.3 is 10.6 Å². The molecule has 0 aliphatic carbocycles. The van der Waals surface area contributed by atoms with E-state index in [1.54, 1.807) is 0 Å². The third kappa shape index (κ3) is 4.63. The molecule has 1 unspecified atom stereocenters. The first-order valence-electron chi connectivity index (χ1n) is 6.92. The van der Waals surface area contributed by atoms with Crippen LogP contribution in [-0.4, -0.2) is 42.6 Å². The predicted molar refractivity (Wildman–Crippen MR) is 81.1 cm³/mol. The molecular formula is C15H24N2S. The third-order valence-corrected chi connectivity index (χ3v) is 4.78. The molecule has 1 aliphatic heterocycles. The van der Waals surface area contributed by atoms with Gasteiger partial charge in [0.15, 0.2) is 0 Å². The molecule has 18 heavy (non-hydrogen) atoms. The molecule has 0 spiro atoms. The molecule has 2 rings (SSSR count). The minimum absolute atomic E-state index is 0.772. The molecule has 1 aliphatic rings. The van der Waals surface area contributed by atoms with Gasteiger partial charge in [0.2, 0.25) is 0 Å². The van der Waals surface area contributed by atoms with Crippen LogP contribution in [0.3, 0.4) is 0 Å². The Labute approximate surface area is 115 Å². The summed E-state index contributed by atoms with van der Waals surface area (Å²) in [5, 5.41) is 0. The highest BCUT2D eigenvalue weighted by atomic mass is 32.2. The number of hydrogen-bond donors (Lipinski definition) is 1. The molecule has 0 bridgehead atoms. The normalized spacial score (nSPS) is 19.6. The van der Waals surface area contributed by atoms with Gasteiger partial charge in [0.05, 0.1) is 0 Å². The highest BCUT2D eigenvalue weighted by Crippen LogP contribution is 2.24. The molecule has 1 fully saturated rings. The van der Waals surface area contributed by atoms with E-state index in [0.717, 1.165) is 32.0 Å². The first-order valence-corrected chi connectivity index (χ1v) is 8.08. The van der Waals surface area contributed by atoms with Crippen molar-refractivity contribution in [1.82, 2.24) is 4.90 Å². The number of thioether (sulfide) groups is 1. The van der Waals surface area contributed by atoms with Crippen LogP contribution >= 0.6 is 11.8 Å². The topological polar surface area (TPSA) is 29.3 Å². The molecule has 1 heterocycles. The molecule has 1 aromatic carbocycles. The summed E-state index contributed by atoms with van der Waals surface area (Å²) >= 11 is 2.10. The van der Waals surface area contributed by atoms with E-state index in [-0.39, 0.29) is 0 Å². The van der Waals surface area contributed by atoms with Crippen molar-refractivity contribution in [2.24, 2.45) is 11.7 Å². The predicted octanol–water partition coefficient (Wildman–Crippen LogP) is 2.24. The Morgan fingerprint density at radius 3 is 2.72 bits per heavy atom. The summed E-state index contributed by atoms with van der Waals surface area (Å²) in [6.45, 7) is 4.18. The van der Waals surface area contributed by atoms with Crippen molar-refractivity contribution in [3.8, 4) is 0 Å². The van der Waals surface area contributed by atoms with E-state index in [9.17, 15) is 0 Å². The third-order valence-electron chi connectivity index (χ3n) is 3.55. The molecule has 0 amide bonds. The number of hydrogen-bond acceptors (Lipinski definition) is 3. The Morgan fingerprint density at radius 2 is 2.06 bits per heavy atom. The molecule has 2 nitrogen and oxygen atoms in total. The SMILES string of the molecule is NCCN(CCc1ccccc1)CC1CCSC1. The van der Waals surface area contributed by atoms with Crippen LogP contribution < -0.4 is 5.73 Å². The van der Waals surface area contributed by atoms with Crippen molar-refractivity contribution in [3.05, 3.63) is 35.9 Å². The fourth-order valence-corrected chi connectivity index (χ4v) is 3.77. The fraction of sp³-hybridized carbons (Fsp3) is 0.600. The van der Waals surface area contributed by atoms with Crippen LogP contribution in [0.15, 0.2) is 30.3 Å². The van der Waals surface area contributed by atoms with Crippen LogP contribution in [0.5, 0.6) is 0 Å². The number of rotatable bonds is 7. The van der Waals surface area contributed by atoms with Gasteiger partial charge in [-0.2, -0.15) is 11.8 Å². The second-order valence-electron chi connectivity index (χ2n) is 5.05. The molecular weight excluding hydrogens is 240 g/mol. The average molecular weight is 264 g/mol. The van der Waals surface area contributed by atoms with Crippen LogP contribution in [-0.2, 0) is 6.42 Å².